The molecule has 2 heterocycles. The zero-order chi connectivity index (χ0) is 21.5. The second-order valence-electron chi connectivity index (χ2n) is 8.07. The molecule has 30 heavy (non-hydrogen) atoms. The number of hydrogen-bond acceptors (Lipinski definition) is 4. The fourth-order valence-electron chi connectivity index (χ4n) is 3.80. The molecule has 1 aromatic carbocycles. The Labute approximate surface area is 174 Å². The van der Waals surface area contributed by atoms with Crippen LogP contribution < -0.4 is 4.72 Å². The Kier molecular flexibility index (Phi) is 5.59. The van der Waals surface area contributed by atoms with Gasteiger partial charge >= 0.3 is 0 Å². The Hall–Kier alpha value is -2.39. The Balaban J connectivity index is 1.50. The van der Waals surface area contributed by atoms with Crippen LogP contribution in [0.4, 0.5) is 8.78 Å². The van der Waals surface area contributed by atoms with Crippen molar-refractivity contribution in [1.82, 2.24) is 19.7 Å². The van der Waals surface area contributed by atoms with Crippen molar-refractivity contribution in [2.75, 3.05) is 0 Å². The Bertz CT molecular complexity index is 1170. The lowest BCUT2D eigenvalue weighted by molar-refractivity contribution is 0.366. The molecule has 1 aliphatic carbocycles. The van der Waals surface area contributed by atoms with Gasteiger partial charge in [-0.25, -0.2) is 31.9 Å². The summed E-state index contributed by atoms with van der Waals surface area (Å²) in [5.41, 5.74) is 1.85. The van der Waals surface area contributed by atoms with E-state index < -0.39 is 26.9 Å². The molecule has 0 radical (unpaired) electrons. The monoisotopic (exact) mass is 434 g/mol. The van der Waals surface area contributed by atoms with Crippen molar-refractivity contribution in [3.8, 4) is 11.3 Å². The zero-order valence-electron chi connectivity index (χ0n) is 16.8. The highest BCUT2D eigenvalue weighted by Gasteiger charge is 2.28. The average Bonchev–Trinajstić information content (AvgIpc) is 3.11. The van der Waals surface area contributed by atoms with Crippen molar-refractivity contribution < 1.29 is 17.2 Å². The number of halogens is 2. The molecule has 2 aromatic heterocycles. The van der Waals surface area contributed by atoms with E-state index >= 15 is 0 Å². The predicted molar refractivity (Wildman–Crippen MR) is 111 cm³/mol. The molecule has 0 unspecified atom stereocenters. The molecule has 0 aliphatic heterocycles. The van der Waals surface area contributed by atoms with Gasteiger partial charge in [-0.05, 0) is 63.8 Å². The van der Waals surface area contributed by atoms with Crippen LogP contribution in [-0.2, 0) is 10.0 Å². The standard InChI is InChI=1S/C21H24F2N4O2S/c1-12(2)30(28,29)27-15-6-3-13(4-7-15)20-25-19-10-9-18(24-21(19)26-20)16-8-5-14(22)11-17(16)23/h5,8-13,15,27H,3-4,6-7H2,1-2H3,(H,24,25,26). The molecular formula is C21H24F2N4O2S. The van der Waals surface area contributed by atoms with E-state index in [2.05, 4.69) is 19.7 Å². The van der Waals surface area contributed by atoms with Gasteiger partial charge in [-0.3, -0.25) is 0 Å². The topological polar surface area (TPSA) is 87.7 Å². The van der Waals surface area contributed by atoms with Crippen LogP contribution in [-0.4, -0.2) is 34.7 Å². The molecule has 0 saturated heterocycles. The summed E-state index contributed by atoms with van der Waals surface area (Å²) < 4.78 is 54.2. The van der Waals surface area contributed by atoms with Crippen LogP contribution in [0, 0.1) is 11.6 Å². The fraction of sp³-hybridized carbons (Fsp3) is 0.429. The number of hydrogen-bond donors (Lipinski definition) is 2. The summed E-state index contributed by atoms with van der Waals surface area (Å²) in [6, 6.07) is 6.82. The fourth-order valence-corrected chi connectivity index (χ4v) is 4.78. The number of pyridine rings is 1. The summed E-state index contributed by atoms with van der Waals surface area (Å²) in [5.74, 6) is -0.310. The van der Waals surface area contributed by atoms with Gasteiger partial charge in [0.05, 0.1) is 16.5 Å². The molecule has 4 rings (SSSR count). The van der Waals surface area contributed by atoms with Crippen LogP contribution in [0.1, 0.15) is 51.3 Å². The second kappa shape index (κ2) is 8.03. The Morgan fingerprint density at radius 2 is 1.80 bits per heavy atom. The van der Waals surface area contributed by atoms with Gasteiger partial charge < -0.3 is 4.98 Å². The first-order valence-corrected chi connectivity index (χ1v) is 11.6. The molecule has 0 spiro atoms. The Morgan fingerprint density at radius 1 is 1.07 bits per heavy atom. The predicted octanol–water partition coefficient (Wildman–Crippen LogP) is 4.26. The van der Waals surface area contributed by atoms with Crippen LogP contribution >= 0.6 is 0 Å². The zero-order valence-corrected chi connectivity index (χ0v) is 17.6. The maximum absolute atomic E-state index is 14.1. The van der Waals surface area contributed by atoms with E-state index in [-0.39, 0.29) is 17.5 Å². The smallest absolute Gasteiger partial charge is 0.214 e. The third-order valence-electron chi connectivity index (χ3n) is 5.64. The van der Waals surface area contributed by atoms with Crippen molar-refractivity contribution in [2.24, 2.45) is 0 Å². The molecule has 0 atom stereocenters. The minimum absolute atomic E-state index is 0.0517. The lowest BCUT2D eigenvalue weighted by Crippen LogP contribution is -2.40. The first-order valence-electron chi connectivity index (χ1n) is 10.1. The number of imidazole rings is 1. The van der Waals surface area contributed by atoms with Crippen LogP contribution in [0.5, 0.6) is 0 Å². The van der Waals surface area contributed by atoms with E-state index in [9.17, 15) is 17.2 Å². The van der Waals surface area contributed by atoms with E-state index in [0.717, 1.165) is 43.1 Å². The van der Waals surface area contributed by atoms with E-state index in [4.69, 9.17) is 0 Å². The van der Waals surface area contributed by atoms with Crippen molar-refractivity contribution >= 4 is 21.2 Å². The maximum atomic E-state index is 14.1. The van der Waals surface area contributed by atoms with Crippen LogP contribution in [0.2, 0.25) is 0 Å². The number of H-pyrrole nitrogens is 1. The molecule has 0 bridgehead atoms. The quantitative estimate of drug-likeness (QED) is 0.628. The first kappa shape index (κ1) is 20.9. The molecule has 6 nitrogen and oxygen atoms in total. The van der Waals surface area contributed by atoms with E-state index in [1.165, 1.54) is 12.1 Å². The van der Waals surface area contributed by atoms with Gasteiger partial charge in [-0.15, -0.1) is 0 Å². The number of sulfonamides is 1. The number of aromatic amines is 1. The van der Waals surface area contributed by atoms with Crippen molar-refractivity contribution in [3.63, 3.8) is 0 Å². The molecule has 160 valence electrons. The van der Waals surface area contributed by atoms with Gasteiger partial charge in [0.2, 0.25) is 10.0 Å². The molecular weight excluding hydrogens is 410 g/mol. The number of benzene rings is 1. The lowest BCUT2D eigenvalue weighted by atomic mass is 9.86. The van der Waals surface area contributed by atoms with Crippen LogP contribution in [0.25, 0.3) is 22.4 Å². The van der Waals surface area contributed by atoms with E-state index in [1.54, 1.807) is 26.0 Å². The summed E-state index contributed by atoms with van der Waals surface area (Å²) in [7, 11) is -3.28. The van der Waals surface area contributed by atoms with Gasteiger partial charge in [0, 0.05) is 23.6 Å². The van der Waals surface area contributed by atoms with Gasteiger partial charge in [0.15, 0.2) is 5.65 Å². The molecule has 3 aromatic rings. The van der Waals surface area contributed by atoms with Crippen LogP contribution in [0.3, 0.4) is 0 Å². The van der Waals surface area contributed by atoms with Crippen molar-refractivity contribution in [1.29, 1.82) is 0 Å². The summed E-state index contributed by atoms with van der Waals surface area (Å²) >= 11 is 0. The molecule has 9 heteroatoms. The lowest BCUT2D eigenvalue weighted by Gasteiger charge is -2.28. The number of rotatable bonds is 5. The normalized spacial score (nSPS) is 20.2. The molecule has 1 fully saturated rings. The average molecular weight is 435 g/mol. The number of nitrogens with one attached hydrogen (secondary N) is 2. The van der Waals surface area contributed by atoms with Gasteiger partial charge in [0.1, 0.15) is 17.5 Å². The molecule has 1 saturated carbocycles. The molecule has 1 aliphatic rings. The van der Waals surface area contributed by atoms with Gasteiger partial charge in [0.25, 0.3) is 0 Å². The highest BCUT2D eigenvalue weighted by Crippen LogP contribution is 2.33. The Morgan fingerprint density at radius 3 is 2.47 bits per heavy atom. The molecule has 2 N–H and O–H groups in total. The summed E-state index contributed by atoms with van der Waals surface area (Å²) in [5, 5.41) is -0.447. The first-order chi connectivity index (χ1) is 14.2. The maximum Gasteiger partial charge on any atom is 0.214 e. The highest BCUT2D eigenvalue weighted by atomic mass is 32.2. The van der Waals surface area contributed by atoms with Crippen molar-refractivity contribution in [2.45, 2.75) is 56.7 Å². The number of aromatic nitrogens is 3. The van der Waals surface area contributed by atoms with Gasteiger partial charge in [-0.1, -0.05) is 0 Å². The van der Waals surface area contributed by atoms with E-state index in [1.807, 2.05) is 0 Å². The van der Waals surface area contributed by atoms with Gasteiger partial charge in [-0.2, -0.15) is 0 Å². The highest BCUT2D eigenvalue weighted by molar-refractivity contribution is 7.90. The largest absolute Gasteiger partial charge is 0.340 e. The minimum Gasteiger partial charge on any atom is -0.340 e. The van der Waals surface area contributed by atoms with Crippen molar-refractivity contribution in [3.05, 3.63) is 47.8 Å². The summed E-state index contributed by atoms with van der Waals surface area (Å²) in [4.78, 5) is 12.3. The third kappa shape index (κ3) is 4.22. The number of fused-ring (bicyclic) bond motifs is 1. The summed E-state index contributed by atoms with van der Waals surface area (Å²) in [6.45, 7) is 3.34. The molecule has 0 amide bonds. The third-order valence-corrected chi connectivity index (χ3v) is 7.54. The SMILES string of the molecule is CC(C)S(=O)(=O)NC1CCC(c2nc3nc(-c4ccc(F)cc4F)ccc3[nH]2)CC1. The second-order valence-corrected chi connectivity index (χ2v) is 10.3. The number of nitrogens with zero attached hydrogens (tertiary/aromatic N) is 2. The van der Waals surface area contributed by atoms with Crippen LogP contribution in [0.15, 0.2) is 30.3 Å². The van der Waals surface area contributed by atoms with E-state index in [0.29, 0.717) is 11.3 Å². The minimum atomic E-state index is -3.28. The summed E-state index contributed by atoms with van der Waals surface area (Å²) in [6.07, 6.45) is 3.11.